The molecule has 1 heterocycles. The molecule has 0 atom stereocenters. The lowest BCUT2D eigenvalue weighted by molar-refractivity contribution is -0.384. The van der Waals surface area contributed by atoms with E-state index in [1.165, 1.54) is 0 Å². The molecule has 0 unspecified atom stereocenters. The topological polar surface area (TPSA) is 128 Å². The highest BCUT2D eigenvalue weighted by molar-refractivity contribution is 6.05. The first-order chi connectivity index (χ1) is 12.0. The number of nitrogens with zero attached hydrogens (tertiary/aromatic N) is 1. The number of carbonyl (C=O) groups is 2. The molecule has 0 saturated carbocycles. The largest absolute Gasteiger partial charge is 0.478 e. The minimum atomic E-state index is -1.34. The van der Waals surface area contributed by atoms with E-state index in [4.69, 9.17) is 14.6 Å². The normalized spacial score (nSPS) is 11.8. The molecule has 9 nitrogen and oxygen atoms in total. The molecular weight excluding hydrogens is 332 g/mol. The number of fused-ring (bicyclic) bond motifs is 1. The van der Waals surface area contributed by atoms with Crippen molar-refractivity contribution >= 4 is 17.6 Å². The number of carbonyl (C=O) groups excluding carboxylic acids is 1. The van der Waals surface area contributed by atoms with Crippen molar-refractivity contribution in [3.8, 4) is 11.5 Å². The van der Waals surface area contributed by atoms with Gasteiger partial charge in [-0.25, -0.2) is 4.79 Å². The third kappa shape index (κ3) is 3.34. The summed E-state index contributed by atoms with van der Waals surface area (Å²) >= 11 is 0. The van der Waals surface area contributed by atoms with Crippen LogP contribution in [-0.2, 0) is 6.54 Å². The molecule has 0 fully saturated rings. The average Bonchev–Trinajstić information content (AvgIpc) is 3.06. The fraction of sp³-hybridized carbons (Fsp3) is 0.125. The molecule has 0 radical (unpaired) electrons. The second-order valence-corrected chi connectivity index (χ2v) is 5.16. The summed E-state index contributed by atoms with van der Waals surface area (Å²) in [7, 11) is 0. The third-order valence-electron chi connectivity index (χ3n) is 3.58. The molecule has 0 saturated heterocycles. The summed E-state index contributed by atoms with van der Waals surface area (Å²) in [5.74, 6) is -0.919. The molecule has 25 heavy (non-hydrogen) atoms. The Labute approximate surface area is 140 Å². The molecule has 2 N–H and O–H groups in total. The SMILES string of the molecule is O=C(O)c1ccc([N+](=O)[O-])cc1C(=O)NCc1ccc2c(c1)OCO2. The standard InChI is InChI=1S/C16H12N2O7/c19-15(12-6-10(18(22)23)2-3-11(12)16(20)21)17-7-9-1-4-13-14(5-9)25-8-24-13/h1-6H,7-8H2,(H,17,19)(H,20,21). The van der Waals surface area contributed by atoms with Crippen LogP contribution in [-0.4, -0.2) is 28.7 Å². The van der Waals surface area contributed by atoms with Gasteiger partial charge in [0.05, 0.1) is 16.1 Å². The first-order valence-corrected chi connectivity index (χ1v) is 7.14. The van der Waals surface area contributed by atoms with E-state index in [1.807, 2.05) is 0 Å². The van der Waals surface area contributed by atoms with Gasteiger partial charge in [-0.2, -0.15) is 0 Å². The highest BCUT2D eigenvalue weighted by Crippen LogP contribution is 2.32. The van der Waals surface area contributed by atoms with E-state index in [2.05, 4.69) is 5.32 Å². The lowest BCUT2D eigenvalue weighted by atomic mass is 10.1. The minimum absolute atomic E-state index is 0.0945. The van der Waals surface area contributed by atoms with E-state index < -0.39 is 16.8 Å². The highest BCUT2D eigenvalue weighted by Gasteiger charge is 2.21. The minimum Gasteiger partial charge on any atom is -0.478 e. The number of ether oxygens (including phenoxy) is 2. The Morgan fingerprint density at radius 2 is 1.88 bits per heavy atom. The van der Waals surface area contributed by atoms with E-state index in [9.17, 15) is 19.7 Å². The Kier molecular flexibility index (Phi) is 4.21. The average molecular weight is 344 g/mol. The van der Waals surface area contributed by atoms with Crippen LogP contribution in [0.4, 0.5) is 5.69 Å². The van der Waals surface area contributed by atoms with Crippen LogP contribution in [0.1, 0.15) is 26.3 Å². The van der Waals surface area contributed by atoms with Gasteiger partial charge in [0.25, 0.3) is 11.6 Å². The Bertz CT molecular complexity index is 879. The van der Waals surface area contributed by atoms with Crippen molar-refractivity contribution in [1.29, 1.82) is 0 Å². The predicted octanol–water partition coefficient (Wildman–Crippen LogP) is 1.95. The van der Waals surface area contributed by atoms with E-state index in [0.717, 1.165) is 18.2 Å². The highest BCUT2D eigenvalue weighted by atomic mass is 16.7. The predicted molar refractivity (Wildman–Crippen MR) is 83.8 cm³/mol. The lowest BCUT2D eigenvalue weighted by Crippen LogP contribution is -2.25. The van der Waals surface area contributed by atoms with Gasteiger partial charge in [0.2, 0.25) is 6.79 Å². The van der Waals surface area contributed by atoms with Gasteiger partial charge in [0.1, 0.15) is 0 Å². The zero-order chi connectivity index (χ0) is 18.0. The number of carboxylic acids is 1. The van der Waals surface area contributed by atoms with Crippen molar-refractivity contribution in [2.45, 2.75) is 6.54 Å². The van der Waals surface area contributed by atoms with Crippen molar-refractivity contribution in [3.63, 3.8) is 0 Å². The monoisotopic (exact) mass is 344 g/mol. The lowest BCUT2D eigenvalue weighted by Gasteiger charge is -2.08. The molecule has 2 aromatic carbocycles. The summed E-state index contributed by atoms with van der Waals surface area (Å²) < 4.78 is 10.4. The number of carboxylic acid groups (broad SMARTS) is 1. The van der Waals surface area contributed by atoms with Crippen molar-refractivity contribution < 1.29 is 29.1 Å². The maximum atomic E-state index is 12.3. The molecule has 9 heteroatoms. The Hall–Kier alpha value is -3.62. The van der Waals surface area contributed by atoms with Crippen LogP contribution in [0, 0.1) is 10.1 Å². The zero-order valence-electron chi connectivity index (χ0n) is 12.7. The molecule has 1 aliphatic rings. The molecule has 0 aromatic heterocycles. The molecule has 128 valence electrons. The van der Waals surface area contributed by atoms with Gasteiger partial charge in [-0.3, -0.25) is 14.9 Å². The number of hydrogen-bond donors (Lipinski definition) is 2. The van der Waals surface area contributed by atoms with Crippen LogP contribution in [0.25, 0.3) is 0 Å². The molecular formula is C16H12N2O7. The molecule has 3 rings (SSSR count). The van der Waals surface area contributed by atoms with Crippen LogP contribution in [0.15, 0.2) is 36.4 Å². The first-order valence-electron chi connectivity index (χ1n) is 7.14. The maximum absolute atomic E-state index is 12.3. The molecule has 0 spiro atoms. The summed E-state index contributed by atoms with van der Waals surface area (Å²) in [6.45, 7) is 0.220. The fourth-order valence-electron chi connectivity index (χ4n) is 2.35. The van der Waals surface area contributed by atoms with Gasteiger partial charge in [-0.15, -0.1) is 0 Å². The number of nitro groups is 1. The van der Waals surface area contributed by atoms with Crippen molar-refractivity contribution in [3.05, 3.63) is 63.2 Å². The number of nitro benzene ring substituents is 1. The molecule has 1 aliphatic heterocycles. The number of nitrogens with one attached hydrogen (secondary N) is 1. The van der Waals surface area contributed by atoms with Gasteiger partial charge in [0, 0.05) is 18.7 Å². The third-order valence-corrected chi connectivity index (χ3v) is 3.58. The smallest absolute Gasteiger partial charge is 0.336 e. The molecule has 2 aromatic rings. The fourth-order valence-corrected chi connectivity index (χ4v) is 2.35. The summed E-state index contributed by atoms with van der Waals surface area (Å²) in [5, 5.41) is 22.5. The number of benzene rings is 2. The van der Waals surface area contributed by atoms with Gasteiger partial charge < -0.3 is 19.9 Å². The number of aromatic carboxylic acids is 1. The Morgan fingerprint density at radius 1 is 1.12 bits per heavy atom. The summed E-state index contributed by atoms with van der Waals surface area (Å²) in [6.07, 6.45) is 0. The van der Waals surface area contributed by atoms with E-state index in [0.29, 0.717) is 17.1 Å². The van der Waals surface area contributed by atoms with Gasteiger partial charge in [-0.05, 0) is 23.8 Å². The van der Waals surface area contributed by atoms with E-state index in [1.54, 1.807) is 18.2 Å². The van der Waals surface area contributed by atoms with Gasteiger partial charge in [0.15, 0.2) is 11.5 Å². The zero-order valence-corrected chi connectivity index (χ0v) is 12.7. The van der Waals surface area contributed by atoms with E-state index in [-0.39, 0.29) is 30.2 Å². The van der Waals surface area contributed by atoms with Crippen LogP contribution < -0.4 is 14.8 Å². The number of non-ortho nitro benzene ring substituents is 1. The van der Waals surface area contributed by atoms with Crippen LogP contribution >= 0.6 is 0 Å². The van der Waals surface area contributed by atoms with Crippen LogP contribution in [0.5, 0.6) is 11.5 Å². The quantitative estimate of drug-likeness (QED) is 0.626. The second-order valence-electron chi connectivity index (χ2n) is 5.16. The van der Waals surface area contributed by atoms with E-state index >= 15 is 0 Å². The summed E-state index contributed by atoms with van der Waals surface area (Å²) in [5.41, 5.74) is -0.241. The number of rotatable bonds is 5. The molecule has 0 aliphatic carbocycles. The van der Waals surface area contributed by atoms with Gasteiger partial charge in [-0.1, -0.05) is 6.07 Å². The molecule has 1 amide bonds. The maximum Gasteiger partial charge on any atom is 0.336 e. The van der Waals surface area contributed by atoms with Crippen LogP contribution in [0.2, 0.25) is 0 Å². The number of amides is 1. The molecule has 0 bridgehead atoms. The Morgan fingerprint density at radius 3 is 2.60 bits per heavy atom. The summed E-state index contributed by atoms with van der Waals surface area (Å²) in [4.78, 5) is 33.7. The van der Waals surface area contributed by atoms with Crippen LogP contribution in [0.3, 0.4) is 0 Å². The Balaban J connectivity index is 1.79. The second kappa shape index (κ2) is 6.48. The van der Waals surface area contributed by atoms with Crippen molar-refractivity contribution in [1.82, 2.24) is 5.32 Å². The van der Waals surface area contributed by atoms with Crippen molar-refractivity contribution in [2.24, 2.45) is 0 Å². The van der Waals surface area contributed by atoms with Crippen molar-refractivity contribution in [2.75, 3.05) is 6.79 Å². The summed E-state index contributed by atoms with van der Waals surface area (Å²) in [6, 6.07) is 8.12. The van der Waals surface area contributed by atoms with Gasteiger partial charge >= 0.3 is 5.97 Å². The first kappa shape index (κ1) is 16.2. The number of hydrogen-bond acceptors (Lipinski definition) is 6.